The highest BCUT2D eigenvalue weighted by Gasteiger charge is 2.13. The minimum atomic E-state index is -0.250. The summed E-state index contributed by atoms with van der Waals surface area (Å²) in [5.74, 6) is 0.732. The van der Waals surface area contributed by atoms with Crippen LogP contribution in [0.15, 0.2) is 36.4 Å². The van der Waals surface area contributed by atoms with E-state index in [1.165, 1.54) is 0 Å². The molecule has 0 saturated heterocycles. The number of benzene rings is 2. The van der Waals surface area contributed by atoms with E-state index in [4.69, 9.17) is 23.2 Å². The van der Waals surface area contributed by atoms with Crippen molar-refractivity contribution in [2.45, 2.75) is 13.3 Å². The summed E-state index contributed by atoms with van der Waals surface area (Å²) in [6, 6.07) is 10.6. The maximum Gasteiger partial charge on any atom is 0.255 e. The van der Waals surface area contributed by atoms with Gasteiger partial charge in [0.25, 0.3) is 5.91 Å². The lowest BCUT2D eigenvalue weighted by atomic mass is 10.2. The number of nitrogens with one attached hydrogen (secondary N) is 1. The number of nitrogens with zero attached hydrogens (tertiary/aromatic N) is 2. The fraction of sp³-hybridized carbons (Fsp3) is 0.176. The average Bonchev–Trinajstić information content (AvgIpc) is 2.87. The molecule has 1 aromatic heterocycles. The molecule has 0 bridgehead atoms. The van der Waals surface area contributed by atoms with Crippen molar-refractivity contribution in [1.29, 1.82) is 0 Å². The van der Waals surface area contributed by atoms with Crippen LogP contribution in [0.25, 0.3) is 11.0 Å². The summed E-state index contributed by atoms with van der Waals surface area (Å²) >= 11 is 12.1. The van der Waals surface area contributed by atoms with Crippen LogP contribution in [0.1, 0.15) is 23.1 Å². The molecule has 23 heavy (non-hydrogen) atoms. The molecule has 0 unspecified atom stereocenters. The molecule has 0 aliphatic carbocycles. The topological polar surface area (TPSA) is 46.9 Å². The third-order valence-corrected chi connectivity index (χ3v) is 4.57. The molecule has 0 spiro atoms. The fourth-order valence-electron chi connectivity index (χ4n) is 2.50. The number of amides is 1. The molecule has 0 radical (unpaired) electrons. The molecular weight excluding hydrogens is 333 g/mol. The summed E-state index contributed by atoms with van der Waals surface area (Å²) in [4.78, 5) is 17.0. The van der Waals surface area contributed by atoms with Gasteiger partial charge < -0.3 is 9.88 Å². The van der Waals surface area contributed by atoms with Crippen LogP contribution in [0.4, 0.5) is 5.69 Å². The van der Waals surface area contributed by atoms with Crippen LogP contribution in [0.3, 0.4) is 0 Å². The zero-order valence-corrected chi connectivity index (χ0v) is 14.2. The van der Waals surface area contributed by atoms with Gasteiger partial charge in [-0.15, -0.1) is 0 Å². The van der Waals surface area contributed by atoms with Crippen molar-refractivity contribution >= 4 is 45.8 Å². The molecule has 0 saturated carbocycles. The van der Waals surface area contributed by atoms with E-state index >= 15 is 0 Å². The summed E-state index contributed by atoms with van der Waals surface area (Å²) in [5.41, 5.74) is 2.81. The summed E-state index contributed by atoms with van der Waals surface area (Å²) in [6.45, 7) is 2.05. The summed E-state index contributed by atoms with van der Waals surface area (Å²) < 4.78 is 2.03. The molecule has 3 rings (SSSR count). The molecule has 118 valence electrons. The zero-order valence-electron chi connectivity index (χ0n) is 12.7. The van der Waals surface area contributed by atoms with Gasteiger partial charge in [0.15, 0.2) is 0 Å². The monoisotopic (exact) mass is 347 g/mol. The van der Waals surface area contributed by atoms with Gasteiger partial charge in [0, 0.05) is 19.0 Å². The Morgan fingerprint density at radius 1 is 1.26 bits per heavy atom. The predicted molar refractivity (Wildman–Crippen MR) is 94.5 cm³/mol. The molecule has 2 aromatic carbocycles. The van der Waals surface area contributed by atoms with E-state index in [0.29, 0.717) is 21.3 Å². The Bertz CT molecular complexity index is 902. The molecule has 0 aliphatic heterocycles. The number of hydrogen-bond acceptors (Lipinski definition) is 2. The highest BCUT2D eigenvalue weighted by atomic mass is 35.5. The number of carbonyl (C=O) groups excluding carboxylic acids is 1. The van der Waals surface area contributed by atoms with Gasteiger partial charge in [0.1, 0.15) is 5.82 Å². The first kappa shape index (κ1) is 15.8. The lowest BCUT2D eigenvalue weighted by molar-refractivity contribution is 0.102. The summed E-state index contributed by atoms with van der Waals surface area (Å²) in [6.07, 6.45) is 0.838. The van der Waals surface area contributed by atoms with Gasteiger partial charge in [-0.25, -0.2) is 4.98 Å². The van der Waals surface area contributed by atoms with Crippen molar-refractivity contribution in [2.75, 3.05) is 5.32 Å². The highest BCUT2D eigenvalue weighted by molar-refractivity contribution is 6.44. The predicted octanol–water partition coefficient (Wildman–Crippen LogP) is 4.69. The molecule has 1 N–H and O–H groups in total. The van der Waals surface area contributed by atoms with Crippen molar-refractivity contribution in [3.05, 3.63) is 57.8 Å². The SMILES string of the molecule is CCc1nc2cc(C(=O)Nc3cccc(Cl)c3Cl)ccc2n1C. The first-order valence-electron chi connectivity index (χ1n) is 7.22. The first-order chi connectivity index (χ1) is 11.0. The van der Waals surface area contributed by atoms with Crippen LogP contribution >= 0.6 is 23.2 Å². The lowest BCUT2D eigenvalue weighted by Crippen LogP contribution is -2.12. The van der Waals surface area contributed by atoms with E-state index in [1.54, 1.807) is 30.3 Å². The number of imidazole rings is 1. The second kappa shape index (κ2) is 6.22. The number of rotatable bonds is 3. The van der Waals surface area contributed by atoms with Gasteiger partial charge in [-0.3, -0.25) is 4.79 Å². The van der Waals surface area contributed by atoms with Crippen LogP contribution in [-0.2, 0) is 13.5 Å². The number of carbonyl (C=O) groups is 1. The van der Waals surface area contributed by atoms with Crippen LogP contribution in [-0.4, -0.2) is 15.5 Å². The normalized spacial score (nSPS) is 11.0. The minimum Gasteiger partial charge on any atom is -0.331 e. The number of aromatic nitrogens is 2. The Labute approximate surface area is 144 Å². The van der Waals surface area contributed by atoms with E-state index < -0.39 is 0 Å². The van der Waals surface area contributed by atoms with Crippen molar-refractivity contribution in [2.24, 2.45) is 7.05 Å². The molecular formula is C17H15Cl2N3O. The summed E-state index contributed by atoms with van der Waals surface area (Å²) in [5, 5.41) is 3.51. The maximum absolute atomic E-state index is 12.4. The van der Waals surface area contributed by atoms with Crippen molar-refractivity contribution in [3.8, 4) is 0 Å². The quantitative estimate of drug-likeness (QED) is 0.746. The Hall–Kier alpha value is -2.04. The van der Waals surface area contributed by atoms with Gasteiger partial charge >= 0.3 is 0 Å². The maximum atomic E-state index is 12.4. The minimum absolute atomic E-state index is 0.250. The van der Waals surface area contributed by atoms with Gasteiger partial charge in [0.2, 0.25) is 0 Å². The smallest absolute Gasteiger partial charge is 0.255 e. The lowest BCUT2D eigenvalue weighted by Gasteiger charge is -2.08. The molecule has 6 heteroatoms. The van der Waals surface area contributed by atoms with Gasteiger partial charge in [-0.1, -0.05) is 36.2 Å². The molecule has 0 fully saturated rings. The van der Waals surface area contributed by atoms with Crippen molar-refractivity contribution in [1.82, 2.24) is 9.55 Å². The Morgan fingerprint density at radius 2 is 2.04 bits per heavy atom. The highest BCUT2D eigenvalue weighted by Crippen LogP contribution is 2.30. The van der Waals surface area contributed by atoms with E-state index in [-0.39, 0.29) is 5.91 Å². The second-order valence-corrected chi connectivity index (χ2v) is 5.98. The third-order valence-electron chi connectivity index (χ3n) is 3.75. The van der Waals surface area contributed by atoms with E-state index in [0.717, 1.165) is 23.3 Å². The van der Waals surface area contributed by atoms with Crippen LogP contribution in [0.2, 0.25) is 10.0 Å². The molecule has 1 amide bonds. The number of aryl methyl sites for hydroxylation is 2. The standard InChI is InChI=1S/C17H15Cl2N3O/c1-3-15-20-13-9-10(7-8-14(13)22(15)2)17(23)21-12-6-4-5-11(18)16(12)19/h4-9H,3H2,1-2H3,(H,21,23). The van der Waals surface area contributed by atoms with E-state index in [1.807, 2.05) is 17.7 Å². The number of halogens is 2. The van der Waals surface area contributed by atoms with Crippen LogP contribution in [0, 0.1) is 0 Å². The Morgan fingerprint density at radius 3 is 2.78 bits per heavy atom. The first-order valence-corrected chi connectivity index (χ1v) is 7.97. The second-order valence-electron chi connectivity index (χ2n) is 5.20. The molecule has 3 aromatic rings. The molecule has 0 aliphatic rings. The molecule has 4 nitrogen and oxygen atoms in total. The zero-order chi connectivity index (χ0) is 16.6. The van der Waals surface area contributed by atoms with Crippen LogP contribution in [0.5, 0.6) is 0 Å². The Balaban J connectivity index is 1.93. The number of hydrogen-bond donors (Lipinski definition) is 1. The number of anilines is 1. The number of fused-ring (bicyclic) bond motifs is 1. The van der Waals surface area contributed by atoms with Gasteiger partial charge in [-0.05, 0) is 30.3 Å². The van der Waals surface area contributed by atoms with Crippen LogP contribution < -0.4 is 5.32 Å². The van der Waals surface area contributed by atoms with E-state index in [9.17, 15) is 4.79 Å². The average molecular weight is 348 g/mol. The Kier molecular flexibility index (Phi) is 4.28. The molecule has 0 atom stereocenters. The van der Waals surface area contributed by atoms with Gasteiger partial charge in [-0.2, -0.15) is 0 Å². The molecule has 1 heterocycles. The van der Waals surface area contributed by atoms with Gasteiger partial charge in [0.05, 0.1) is 26.8 Å². The van der Waals surface area contributed by atoms with E-state index in [2.05, 4.69) is 17.2 Å². The van der Waals surface area contributed by atoms with Crippen molar-refractivity contribution in [3.63, 3.8) is 0 Å². The summed E-state index contributed by atoms with van der Waals surface area (Å²) in [7, 11) is 1.97. The largest absolute Gasteiger partial charge is 0.331 e. The third kappa shape index (κ3) is 2.92. The fourth-order valence-corrected chi connectivity index (χ4v) is 2.85. The van der Waals surface area contributed by atoms with Crippen molar-refractivity contribution < 1.29 is 4.79 Å².